The number of hydrogen-bond donors (Lipinski definition) is 0. The molecule has 0 bridgehead atoms. The van der Waals surface area contributed by atoms with Crippen LogP contribution in [0, 0.1) is 17.9 Å². The minimum absolute atomic E-state index is 0.453. The predicted octanol–water partition coefficient (Wildman–Crippen LogP) is 2.28. The molecule has 12 heavy (non-hydrogen) atoms. The van der Waals surface area contributed by atoms with E-state index in [1.807, 2.05) is 31.2 Å². The SMILES string of the molecule is CCC#CCOc1[c]cccc1. The number of para-hydroxylation sites is 1. The van der Waals surface area contributed by atoms with Crippen molar-refractivity contribution in [1.82, 2.24) is 0 Å². The van der Waals surface area contributed by atoms with Crippen LogP contribution in [0.25, 0.3) is 0 Å². The Kier molecular flexibility index (Phi) is 3.80. The van der Waals surface area contributed by atoms with Crippen LogP contribution in [-0.2, 0) is 0 Å². The molecule has 61 valence electrons. The highest BCUT2D eigenvalue weighted by Gasteiger charge is 1.86. The van der Waals surface area contributed by atoms with Gasteiger partial charge in [0.05, 0.1) is 0 Å². The zero-order valence-corrected chi connectivity index (χ0v) is 7.13. The van der Waals surface area contributed by atoms with Crippen molar-refractivity contribution in [2.45, 2.75) is 13.3 Å². The van der Waals surface area contributed by atoms with Gasteiger partial charge in [-0.1, -0.05) is 31.0 Å². The lowest BCUT2D eigenvalue weighted by Crippen LogP contribution is -1.92. The van der Waals surface area contributed by atoms with E-state index in [2.05, 4.69) is 17.9 Å². The van der Waals surface area contributed by atoms with Gasteiger partial charge in [-0.15, -0.1) is 5.92 Å². The van der Waals surface area contributed by atoms with Gasteiger partial charge in [-0.25, -0.2) is 0 Å². The van der Waals surface area contributed by atoms with Gasteiger partial charge in [0.2, 0.25) is 0 Å². The molecule has 0 atom stereocenters. The van der Waals surface area contributed by atoms with E-state index in [4.69, 9.17) is 4.74 Å². The van der Waals surface area contributed by atoms with E-state index >= 15 is 0 Å². The summed E-state index contributed by atoms with van der Waals surface area (Å²) in [6, 6.07) is 10.5. The molecule has 1 heteroatoms. The summed E-state index contributed by atoms with van der Waals surface area (Å²) in [5.41, 5.74) is 0. The Labute approximate surface area is 73.4 Å². The van der Waals surface area contributed by atoms with Gasteiger partial charge in [-0.3, -0.25) is 0 Å². The topological polar surface area (TPSA) is 9.23 Å². The van der Waals surface area contributed by atoms with Gasteiger partial charge in [0.1, 0.15) is 12.4 Å². The normalized spacial score (nSPS) is 8.42. The van der Waals surface area contributed by atoms with E-state index < -0.39 is 0 Å². The third-order valence-corrected chi connectivity index (χ3v) is 1.28. The molecule has 0 aromatic heterocycles. The predicted molar refractivity (Wildman–Crippen MR) is 48.8 cm³/mol. The molecule has 1 aromatic carbocycles. The first-order valence-electron chi connectivity index (χ1n) is 3.98. The quantitative estimate of drug-likeness (QED) is 0.601. The first kappa shape index (κ1) is 8.67. The van der Waals surface area contributed by atoms with Gasteiger partial charge in [-0.05, 0) is 6.07 Å². The van der Waals surface area contributed by atoms with Gasteiger partial charge in [0.25, 0.3) is 0 Å². The summed E-state index contributed by atoms with van der Waals surface area (Å²) < 4.78 is 5.28. The first-order valence-corrected chi connectivity index (χ1v) is 3.98. The van der Waals surface area contributed by atoms with Gasteiger partial charge in [-0.2, -0.15) is 0 Å². The summed E-state index contributed by atoms with van der Waals surface area (Å²) in [6.07, 6.45) is 0.877. The van der Waals surface area contributed by atoms with E-state index in [0.29, 0.717) is 6.61 Å². The summed E-state index contributed by atoms with van der Waals surface area (Å²) in [5.74, 6) is 6.57. The van der Waals surface area contributed by atoms with Gasteiger partial charge >= 0.3 is 0 Å². The maximum Gasteiger partial charge on any atom is 0.149 e. The fraction of sp³-hybridized carbons (Fsp3) is 0.273. The van der Waals surface area contributed by atoms with E-state index in [-0.39, 0.29) is 0 Å². The fourth-order valence-corrected chi connectivity index (χ4v) is 0.757. The van der Waals surface area contributed by atoms with Crippen LogP contribution in [0.2, 0.25) is 0 Å². The number of ether oxygens (including phenoxy) is 1. The third-order valence-electron chi connectivity index (χ3n) is 1.28. The number of benzene rings is 1. The Bertz CT molecular complexity index is 266. The molecule has 0 saturated carbocycles. The van der Waals surface area contributed by atoms with Crippen LogP contribution in [0.5, 0.6) is 5.75 Å². The molecule has 0 aliphatic rings. The van der Waals surface area contributed by atoms with Crippen molar-refractivity contribution >= 4 is 0 Å². The molecular weight excluding hydrogens is 148 g/mol. The smallest absolute Gasteiger partial charge is 0.149 e. The average Bonchev–Trinajstić information content (AvgIpc) is 2.14. The standard InChI is InChI=1S/C11H11O/c1-2-3-7-10-12-11-8-5-4-6-9-11/h4-6,8H,2,10H2,1H3. The van der Waals surface area contributed by atoms with Crippen molar-refractivity contribution in [2.24, 2.45) is 0 Å². The van der Waals surface area contributed by atoms with Crippen LogP contribution in [-0.4, -0.2) is 6.61 Å². The van der Waals surface area contributed by atoms with E-state index in [1.165, 1.54) is 0 Å². The summed E-state index contributed by atoms with van der Waals surface area (Å²) in [4.78, 5) is 0. The molecule has 1 nitrogen and oxygen atoms in total. The Morgan fingerprint density at radius 1 is 1.42 bits per heavy atom. The molecule has 0 spiro atoms. The summed E-state index contributed by atoms with van der Waals surface area (Å²) >= 11 is 0. The highest BCUT2D eigenvalue weighted by atomic mass is 16.5. The van der Waals surface area contributed by atoms with Crippen LogP contribution in [0.4, 0.5) is 0 Å². The molecule has 0 saturated heterocycles. The molecule has 0 aliphatic heterocycles. The lowest BCUT2D eigenvalue weighted by atomic mass is 10.3. The lowest BCUT2D eigenvalue weighted by molar-refractivity contribution is 0.369. The molecule has 0 heterocycles. The molecule has 1 radical (unpaired) electrons. The van der Waals surface area contributed by atoms with Crippen molar-refractivity contribution in [3.05, 3.63) is 30.3 Å². The van der Waals surface area contributed by atoms with Crippen molar-refractivity contribution in [1.29, 1.82) is 0 Å². The minimum Gasteiger partial charge on any atom is -0.480 e. The largest absolute Gasteiger partial charge is 0.480 e. The second-order valence-electron chi connectivity index (χ2n) is 2.22. The Morgan fingerprint density at radius 3 is 3.00 bits per heavy atom. The Hall–Kier alpha value is -1.42. The van der Waals surface area contributed by atoms with Crippen LogP contribution in [0.1, 0.15) is 13.3 Å². The Balaban J connectivity index is 2.34. The van der Waals surface area contributed by atoms with Crippen LogP contribution < -0.4 is 4.74 Å². The Morgan fingerprint density at radius 2 is 2.33 bits per heavy atom. The highest BCUT2D eigenvalue weighted by molar-refractivity contribution is 5.20. The average molecular weight is 159 g/mol. The second-order valence-corrected chi connectivity index (χ2v) is 2.22. The van der Waals surface area contributed by atoms with Crippen molar-refractivity contribution < 1.29 is 4.74 Å². The van der Waals surface area contributed by atoms with Crippen LogP contribution >= 0.6 is 0 Å². The monoisotopic (exact) mass is 159 g/mol. The molecule has 1 rings (SSSR count). The van der Waals surface area contributed by atoms with Crippen molar-refractivity contribution in [3.63, 3.8) is 0 Å². The molecule has 1 aromatic rings. The molecule has 0 unspecified atom stereocenters. The zero-order chi connectivity index (χ0) is 8.65. The maximum absolute atomic E-state index is 5.28. The molecule has 0 N–H and O–H groups in total. The van der Waals surface area contributed by atoms with Crippen molar-refractivity contribution in [3.8, 4) is 17.6 Å². The van der Waals surface area contributed by atoms with Gasteiger partial charge in [0.15, 0.2) is 0 Å². The highest BCUT2D eigenvalue weighted by Crippen LogP contribution is 2.06. The van der Waals surface area contributed by atoms with Gasteiger partial charge in [0, 0.05) is 12.5 Å². The summed E-state index contributed by atoms with van der Waals surface area (Å²) in [7, 11) is 0. The van der Waals surface area contributed by atoms with E-state index in [1.54, 1.807) is 0 Å². The zero-order valence-electron chi connectivity index (χ0n) is 7.13. The molecule has 0 aliphatic carbocycles. The van der Waals surface area contributed by atoms with Gasteiger partial charge < -0.3 is 4.74 Å². The molecule has 0 fully saturated rings. The van der Waals surface area contributed by atoms with Crippen LogP contribution in [0.15, 0.2) is 24.3 Å². The van der Waals surface area contributed by atoms with E-state index in [9.17, 15) is 0 Å². The van der Waals surface area contributed by atoms with E-state index in [0.717, 1.165) is 12.2 Å². The lowest BCUT2D eigenvalue weighted by Gasteiger charge is -1.98. The summed E-state index contributed by atoms with van der Waals surface area (Å²) in [5, 5.41) is 0. The van der Waals surface area contributed by atoms with Crippen molar-refractivity contribution in [2.75, 3.05) is 6.61 Å². The second kappa shape index (κ2) is 5.26. The third kappa shape index (κ3) is 3.12. The molecule has 0 amide bonds. The summed E-state index contributed by atoms with van der Waals surface area (Å²) in [6.45, 7) is 2.47. The maximum atomic E-state index is 5.28. The first-order chi connectivity index (χ1) is 5.93. The fourth-order valence-electron chi connectivity index (χ4n) is 0.757. The minimum atomic E-state index is 0.453. The molecular formula is C11H11O. The number of rotatable bonds is 2. The number of hydrogen-bond acceptors (Lipinski definition) is 1. The van der Waals surface area contributed by atoms with Crippen LogP contribution in [0.3, 0.4) is 0 Å².